The van der Waals surface area contributed by atoms with Gasteiger partial charge < -0.3 is 4.74 Å². The van der Waals surface area contributed by atoms with E-state index in [1.165, 1.54) is 6.92 Å². The summed E-state index contributed by atoms with van der Waals surface area (Å²) < 4.78 is 6.23. The molecule has 0 saturated heterocycles. The van der Waals surface area contributed by atoms with Gasteiger partial charge in [0.15, 0.2) is 6.10 Å². The summed E-state index contributed by atoms with van der Waals surface area (Å²) in [6.07, 6.45) is 1.54. The number of carbonyl (C=O) groups excluding carboxylic acids is 1. The Morgan fingerprint density at radius 1 is 1.05 bits per heavy atom. The third-order valence-electron chi connectivity index (χ3n) is 2.74. The molecule has 0 amide bonds. The lowest BCUT2D eigenvalue weighted by Crippen LogP contribution is -2.08. The van der Waals surface area contributed by atoms with E-state index >= 15 is 0 Å². The van der Waals surface area contributed by atoms with Crippen molar-refractivity contribution in [3.05, 3.63) is 76.3 Å². The van der Waals surface area contributed by atoms with Gasteiger partial charge in [-0.15, -0.1) is 0 Å². The van der Waals surface area contributed by atoms with Crippen LogP contribution in [0.2, 0.25) is 0 Å². The van der Waals surface area contributed by atoms with E-state index in [0.29, 0.717) is 0 Å². The highest BCUT2D eigenvalue weighted by molar-refractivity contribution is 9.11. The Balaban J connectivity index is 2.32. The molecule has 0 heterocycles. The number of halogens is 1. The van der Waals surface area contributed by atoms with Gasteiger partial charge in [-0.3, -0.25) is 4.79 Å². The quantitative estimate of drug-likeness (QED) is 0.757. The molecule has 0 spiro atoms. The van der Waals surface area contributed by atoms with E-state index in [1.807, 2.05) is 66.7 Å². The lowest BCUT2D eigenvalue weighted by atomic mass is 10.1. The Labute approximate surface area is 127 Å². The second-order valence-corrected chi connectivity index (χ2v) is 5.26. The molecular weight excluding hydrogens is 316 g/mol. The largest absolute Gasteiger partial charge is 0.452 e. The molecule has 1 atom stereocenters. The molecule has 0 radical (unpaired) electrons. The SMILES string of the molecule is CC(=O)OC(/C(Br)=C/c1ccccc1)c1ccccc1. The zero-order chi connectivity index (χ0) is 14.4. The molecule has 0 bridgehead atoms. The van der Waals surface area contributed by atoms with Crippen LogP contribution in [-0.4, -0.2) is 5.97 Å². The van der Waals surface area contributed by atoms with E-state index < -0.39 is 6.10 Å². The van der Waals surface area contributed by atoms with Crippen molar-refractivity contribution in [1.29, 1.82) is 0 Å². The van der Waals surface area contributed by atoms with Crippen molar-refractivity contribution in [3.8, 4) is 0 Å². The molecule has 2 aromatic carbocycles. The molecule has 2 nitrogen and oxygen atoms in total. The molecule has 0 aliphatic carbocycles. The summed E-state index contributed by atoms with van der Waals surface area (Å²) in [5, 5.41) is 0. The van der Waals surface area contributed by atoms with E-state index in [-0.39, 0.29) is 5.97 Å². The zero-order valence-corrected chi connectivity index (χ0v) is 12.7. The topological polar surface area (TPSA) is 26.3 Å². The number of carbonyl (C=O) groups is 1. The monoisotopic (exact) mass is 330 g/mol. The summed E-state index contributed by atoms with van der Waals surface area (Å²) in [7, 11) is 0. The normalized spacial score (nSPS) is 12.8. The van der Waals surface area contributed by atoms with Gasteiger partial charge in [0, 0.05) is 11.4 Å². The highest BCUT2D eigenvalue weighted by Gasteiger charge is 2.17. The molecule has 1 unspecified atom stereocenters. The van der Waals surface area contributed by atoms with Crippen molar-refractivity contribution >= 4 is 28.0 Å². The summed E-state index contributed by atoms with van der Waals surface area (Å²) in [6.45, 7) is 1.42. The number of hydrogen-bond donors (Lipinski definition) is 0. The van der Waals surface area contributed by atoms with Gasteiger partial charge in [-0.25, -0.2) is 0 Å². The molecule has 0 aromatic heterocycles. The molecule has 2 aromatic rings. The standard InChI is InChI=1S/C17H15BrO2/c1-13(19)20-17(15-10-6-3-7-11-15)16(18)12-14-8-4-2-5-9-14/h2-12,17H,1H3/b16-12-. The Morgan fingerprint density at radius 3 is 2.15 bits per heavy atom. The number of ether oxygens (including phenoxy) is 1. The van der Waals surface area contributed by atoms with E-state index in [4.69, 9.17) is 4.74 Å². The predicted octanol–water partition coefficient (Wildman–Crippen LogP) is 4.73. The first-order valence-corrected chi connectivity index (χ1v) is 7.10. The molecular formula is C17H15BrO2. The lowest BCUT2D eigenvalue weighted by molar-refractivity contribution is -0.144. The molecule has 0 saturated carbocycles. The van der Waals surface area contributed by atoms with Crippen LogP contribution in [0.3, 0.4) is 0 Å². The van der Waals surface area contributed by atoms with Crippen LogP contribution in [0.1, 0.15) is 24.2 Å². The molecule has 0 N–H and O–H groups in total. The highest BCUT2D eigenvalue weighted by atomic mass is 79.9. The zero-order valence-electron chi connectivity index (χ0n) is 11.1. The van der Waals surface area contributed by atoms with Crippen molar-refractivity contribution < 1.29 is 9.53 Å². The second kappa shape index (κ2) is 7.06. The van der Waals surface area contributed by atoms with Crippen molar-refractivity contribution in [2.45, 2.75) is 13.0 Å². The molecule has 0 aliphatic heterocycles. The van der Waals surface area contributed by atoms with Crippen molar-refractivity contribution in [2.24, 2.45) is 0 Å². The third-order valence-corrected chi connectivity index (χ3v) is 3.39. The van der Waals surface area contributed by atoms with Crippen LogP contribution in [0.25, 0.3) is 6.08 Å². The average Bonchev–Trinajstić information content (AvgIpc) is 2.46. The van der Waals surface area contributed by atoms with Gasteiger partial charge in [-0.1, -0.05) is 76.6 Å². The minimum Gasteiger partial charge on any atom is -0.452 e. The first-order valence-electron chi connectivity index (χ1n) is 6.31. The summed E-state index contributed by atoms with van der Waals surface area (Å²) in [5.41, 5.74) is 1.98. The van der Waals surface area contributed by atoms with Gasteiger partial charge in [0.1, 0.15) is 0 Å². The highest BCUT2D eigenvalue weighted by Crippen LogP contribution is 2.31. The van der Waals surface area contributed by atoms with Crippen LogP contribution < -0.4 is 0 Å². The van der Waals surface area contributed by atoms with Crippen molar-refractivity contribution in [2.75, 3.05) is 0 Å². The molecule has 0 fully saturated rings. The van der Waals surface area contributed by atoms with Crippen molar-refractivity contribution in [1.82, 2.24) is 0 Å². The number of rotatable bonds is 4. The Bertz CT molecular complexity index is 591. The van der Waals surface area contributed by atoms with Gasteiger partial charge in [0.05, 0.1) is 0 Å². The minimum atomic E-state index is -0.422. The maximum Gasteiger partial charge on any atom is 0.303 e. The fourth-order valence-corrected chi connectivity index (χ4v) is 2.48. The molecule has 20 heavy (non-hydrogen) atoms. The maximum atomic E-state index is 11.3. The first-order chi connectivity index (χ1) is 9.66. The summed E-state index contributed by atoms with van der Waals surface area (Å²) in [6, 6.07) is 19.6. The smallest absolute Gasteiger partial charge is 0.303 e. The molecule has 102 valence electrons. The predicted molar refractivity (Wildman–Crippen MR) is 84.3 cm³/mol. The number of esters is 1. The summed E-state index contributed by atoms with van der Waals surface area (Å²) in [4.78, 5) is 11.3. The van der Waals surface area contributed by atoms with Gasteiger partial charge in [-0.05, 0) is 17.2 Å². The Kier molecular flexibility index (Phi) is 5.13. The van der Waals surface area contributed by atoms with Crippen LogP contribution in [0.4, 0.5) is 0 Å². The van der Waals surface area contributed by atoms with Gasteiger partial charge in [0.25, 0.3) is 0 Å². The van der Waals surface area contributed by atoms with Gasteiger partial charge in [-0.2, -0.15) is 0 Å². The van der Waals surface area contributed by atoms with Crippen LogP contribution in [0.15, 0.2) is 65.1 Å². The summed E-state index contributed by atoms with van der Waals surface area (Å²) >= 11 is 3.53. The van der Waals surface area contributed by atoms with Crippen LogP contribution in [0, 0.1) is 0 Å². The van der Waals surface area contributed by atoms with E-state index in [2.05, 4.69) is 15.9 Å². The Hall–Kier alpha value is -1.87. The Morgan fingerprint density at radius 2 is 1.60 bits per heavy atom. The van der Waals surface area contributed by atoms with Crippen molar-refractivity contribution in [3.63, 3.8) is 0 Å². The number of benzene rings is 2. The number of hydrogen-bond acceptors (Lipinski definition) is 2. The maximum absolute atomic E-state index is 11.3. The van der Waals surface area contributed by atoms with Gasteiger partial charge >= 0.3 is 5.97 Å². The van der Waals surface area contributed by atoms with Crippen LogP contribution in [0.5, 0.6) is 0 Å². The third kappa shape index (κ3) is 4.07. The molecule has 3 heteroatoms. The average molecular weight is 331 g/mol. The van der Waals surface area contributed by atoms with E-state index in [0.717, 1.165) is 15.6 Å². The second-order valence-electron chi connectivity index (χ2n) is 4.34. The van der Waals surface area contributed by atoms with E-state index in [9.17, 15) is 4.79 Å². The fourth-order valence-electron chi connectivity index (χ4n) is 1.86. The first kappa shape index (κ1) is 14.5. The fraction of sp³-hybridized carbons (Fsp3) is 0.118. The van der Waals surface area contributed by atoms with Crippen LogP contribution in [-0.2, 0) is 9.53 Å². The van der Waals surface area contributed by atoms with Crippen LogP contribution >= 0.6 is 15.9 Å². The minimum absolute atomic E-state index is 0.308. The van der Waals surface area contributed by atoms with E-state index in [1.54, 1.807) is 0 Å². The molecule has 2 rings (SSSR count). The molecule has 0 aliphatic rings. The summed E-state index contributed by atoms with van der Waals surface area (Å²) in [5.74, 6) is -0.308. The van der Waals surface area contributed by atoms with Gasteiger partial charge in [0.2, 0.25) is 0 Å². The lowest BCUT2D eigenvalue weighted by Gasteiger charge is -2.17.